The molecule has 0 spiro atoms. The number of fused-ring (bicyclic) bond motifs is 1. The smallest absolute Gasteiger partial charge is 0.278 e. The van der Waals surface area contributed by atoms with E-state index in [0.29, 0.717) is 23.8 Å². The number of hydrogen-bond donors (Lipinski definition) is 0. The third-order valence-electron chi connectivity index (χ3n) is 3.91. The van der Waals surface area contributed by atoms with E-state index in [1.54, 1.807) is 13.0 Å². The molecule has 0 radical (unpaired) electrons. The highest BCUT2D eigenvalue weighted by atomic mass is 35.7. The third kappa shape index (κ3) is 2.95. The normalized spacial score (nSPS) is 11.9. The van der Waals surface area contributed by atoms with Gasteiger partial charge in [-0.05, 0) is 35.8 Å². The van der Waals surface area contributed by atoms with Gasteiger partial charge in [0.2, 0.25) is 0 Å². The quantitative estimate of drug-likeness (QED) is 0.494. The summed E-state index contributed by atoms with van der Waals surface area (Å²) < 4.78 is 29.4. The highest BCUT2D eigenvalue weighted by Crippen LogP contribution is 2.26. The van der Waals surface area contributed by atoms with Crippen LogP contribution in [0.1, 0.15) is 11.3 Å². The SMILES string of the molecule is Cc1nonc1-c1nc2ccccc2n1Cc1ccc(S(=O)(=O)Cl)nc1. The maximum Gasteiger partial charge on any atom is 0.278 e. The van der Waals surface area contributed by atoms with E-state index in [2.05, 4.69) is 20.3 Å². The lowest BCUT2D eigenvalue weighted by Crippen LogP contribution is -2.04. The van der Waals surface area contributed by atoms with Crippen LogP contribution in [0.5, 0.6) is 0 Å². The molecular weight excluding hydrogens is 378 g/mol. The second kappa shape index (κ2) is 6.19. The van der Waals surface area contributed by atoms with Gasteiger partial charge in [0.05, 0.1) is 17.6 Å². The van der Waals surface area contributed by atoms with Crippen molar-refractivity contribution in [2.75, 3.05) is 0 Å². The van der Waals surface area contributed by atoms with E-state index in [1.807, 2.05) is 28.8 Å². The summed E-state index contributed by atoms with van der Waals surface area (Å²) in [6.07, 6.45) is 1.47. The minimum Gasteiger partial charge on any atom is -0.318 e. The van der Waals surface area contributed by atoms with Crippen molar-refractivity contribution < 1.29 is 13.0 Å². The zero-order valence-electron chi connectivity index (χ0n) is 13.5. The summed E-state index contributed by atoms with van der Waals surface area (Å²) in [5.41, 5.74) is 3.67. The van der Waals surface area contributed by atoms with Gasteiger partial charge in [-0.2, -0.15) is 0 Å². The monoisotopic (exact) mass is 389 g/mol. The molecule has 0 atom stereocenters. The summed E-state index contributed by atoms with van der Waals surface area (Å²) in [6, 6.07) is 10.7. The number of aryl methyl sites for hydroxylation is 1. The number of pyridine rings is 1. The molecule has 8 nitrogen and oxygen atoms in total. The Hall–Kier alpha value is -2.78. The van der Waals surface area contributed by atoms with Crippen molar-refractivity contribution >= 4 is 30.8 Å². The van der Waals surface area contributed by atoms with Crippen molar-refractivity contribution in [3.8, 4) is 11.5 Å². The first kappa shape index (κ1) is 16.7. The Balaban J connectivity index is 1.82. The Bertz CT molecular complexity index is 1200. The Morgan fingerprint density at radius 1 is 1.15 bits per heavy atom. The van der Waals surface area contributed by atoms with Crippen molar-refractivity contribution in [2.24, 2.45) is 0 Å². The number of halogens is 1. The average Bonchev–Trinajstić information content (AvgIpc) is 3.18. The minimum absolute atomic E-state index is 0.185. The van der Waals surface area contributed by atoms with Gasteiger partial charge >= 0.3 is 0 Å². The molecule has 0 aliphatic carbocycles. The highest BCUT2D eigenvalue weighted by Gasteiger charge is 2.19. The summed E-state index contributed by atoms with van der Waals surface area (Å²) in [6.45, 7) is 2.20. The first-order valence-electron chi connectivity index (χ1n) is 7.58. The van der Waals surface area contributed by atoms with Gasteiger partial charge in [-0.25, -0.2) is 23.0 Å². The summed E-state index contributed by atoms with van der Waals surface area (Å²) in [4.78, 5) is 8.55. The fourth-order valence-corrected chi connectivity index (χ4v) is 3.37. The number of hydrogen-bond acceptors (Lipinski definition) is 7. The van der Waals surface area contributed by atoms with Crippen LogP contribution in [0, 0.1) is 6.92 Å². The van der Waals surface area contributed by atoms with Gasteiger partial charge in [-0.3, -0.25) is 0 Å². The molecule has 4 aromatic rings. The molecule has 0 fully saturated rings. The summed E-state index contributed by atoms with van der Waals surface area (Å²) >= 11 is 0. The van der Waals surface area contributed by atoms with E-state index >= 15 is 0 Å². The van der Waals surface area contributed by atoms with Gasteiger partial charge in [0, 0.05) is 16.9 Å². The van der Waals surface area contributed by atoms with Gasteiger partial charge in [-0.15, -0.1) is 0 Å². The molecule has 1 aromatic carbocycles. The number of para-hydroxylation sites is 2. The van der Waals surface area contributed by atoms with Gasteiger partial charge < -0.3 is 4.57 Å². The average molecular weight is 390 g/mol. The summed E-state index contributed by atoms with van der Waals surface area (Å²) in [5, 5.41) is 7.58. The van der Waals surface area contributed by atoms with Crippen LogP contribution in [-0.2, 0) is 15.6 Å². The first-order valence-corrected chi connectivity index (χ1v) is 9.89. The van der Waals surface area contributed by atoms with E-state index in [-0.39, 0.29) is 5.03 Å². The topological polar surface area (TPSA) is 104 Å². The van der Waals surface area contributed by atoms with E-state index in [0.717, 1.165) is 16.6 Å². The molecule has 0 amide bonds. The van der Waals surface area contributed by atoms with E-state index in [1.165, 1.54) is 12.3 Å². The lowest BCUT2D eigenvalue weighted by Gasteiger charge is -2.08. The Morgan fingerprint density at radius 3 is 2.62 bits per heavy atom. The molecule has 0 bridgehead atoms. The number of benzene rings is 1. The third-order valence-corrected chi connectivity index (χ3v) is 5.12. The van der Waals surface area contributed by atoms with Crippen LogP contribution in [0.15, 0.2) is 52.3 Å². The predicted octanol–water partition coefficient (Wildman–Crippen LogP) is 2.77. The van der Waals surface area contributed by atoms with Gasteiger partial charge in [0.25, 0.3) is 9.05 Å². The maximum absolute atomic E-state index is 11.3. The van der Waals surface area contributed by atoms with Gasteiger partial charge in [0.15, 0.2) is 16.5 Å². The number of rotatable bonds is 4. The molecular formula is C16H12ClN5O3S. The zero-order chi connectivity index (χ0) is 18.3. The van der Waals surface area contributed by atoms with Crippen molar-refractivity contribution in [1.82, 2.24) is 24.8 Å². The zero-order valence-corrected chi connectivity index (χ0v) is 15.1. The molecule has 0 saturated carbocycles. The fraction of sp³-hybridized carbons (Fsp3) is 0.125. The number of nitrogens with zero attached hydrogens (tertiary/aromatic N) is 5. The molecule has 0 N–H and O–H groups in total. The summed E-state index contributed by atoms with van der Waals surface area (Å²) in [7, 11) is 1.46. The molecule has 3 heterocycles. The molecule has 0 saturated heterocycles. The highest BCUT2D eigenvalue weighted by molar-refractivity contribution is 8.13. The van der Waals surface area contributed by atoms with Crippen molar-refractivity contribution in [2.45, 2.75) is 18.5 Å². The number of aromatic nitrogens is 5. The Morgan fingerprint density at radius 2 is 1.96 bits per heavy atom. The second-order valence-electron chi connectivity index (χ2n) is 5.65. The van der Waals surface area contributed by atoms with Crippen LogP contribution in [0.3, 0.4) is 0 Å². The van der Waals surface area contributed by atoms with Crippen LogP contribution in [0.25, 0.3) is 22.6 Å². The van der Waals surface area contributed by atoms with Crippen LogP contribution in [0.4, 0.5) is 0 Å². The molecule has 4 rings (SSSR count). The minimum atomic E-state index is -3.85. The van der Waals surface area contributed by atoms with Crippen LogP contribution in [0.2, 0.25) is 0 Å². The predicted molar refractivity (Wildman–Crippen MR) is 94.1 cm³/mol. The maximum atomic E-state index is 11.3. The van der Waals surface area contributed by atoms with E-state index in [9.17, 15) is 8.42 Å². The molecule has 10 heteroatoms. The van der Waals surface area contributed by atoms with E-state index < -0.39 is 9.05 Å². The molecule has 0 unspecified atom stereocenters. The Kier molecular flexibility index (Phi) is 3.97. The van der Waals surface area contributed by atoms with Crippen molar-refractivity contribution in [3.63, 3.8) is 0 Å². The Labute approximate surface area is 152 Å². The standard InChI is InChI=1S/C16H12ClN5O3S/c1-10-15(21-25-20-10)16-19-12-4-2-3-5-13(12)22(16)9-11-6-7-14(18-8-11)26(17,23)24/h2-8H,9H2,1H3. The largest absolute Gasteiger partial charge is 0.318 e. The van der Waals surface area contributed by atoms with Crippen LogP contribution in [-0.4, -0.2) is 33.3 Å². The van der Waals surface area contributed by atoms with Crippen LogP contribution >= 0.6 is 10.7 Å². The molecule has 3 aromatic heterocycles. The van der Waals surface area contributed by atoms with Gasteiger partial charge in [-0.1, -0.05) is 23.4 Å². The van der Waals surface area contributed by atoms with Crippen molar-refractivity contribution in [3.05, 3.63) is 53.9 Å². The number of imidazole rings is 1. The lowest BCUT2D eigenvalue weighted by molar-refractivity contribution is 0.305. The van der Waals surface area contributed by atoms with Crippen molar-refractivity contribution in [1.29, 1.82) is 0 Å². The molecule has 0 aliphatic rings. The molecule has 26 heavy (non-hydrogen) atoms. The fourth-order valence-electron chi connectivity index (χ4n) is 2.68. The first-order chi connectivity index (χ1) is 12.4. The molecule has 132 valence electrons. The molecule has 0 aliphatic heterocycles. The lowest BCUT2D eigenvalue weighted by atomic mass is 10.2. The second-order valence-corrected chi connectivity index (χ2v) is 8.16. The summed E-state index contributed by atoms with van der Waals surface area (Å²) in [5.74, 6) is 0.610. The van der Waals surface area contributed by atoms with Crippen LogP contribution < -0.4 is 0 Å². The van der Waals surface area contributed by atoms with E-state index in [4.69, 9.17) is 15.3 Å². The van der Waals surface area contributed by atoms with Gasteiger partial charge in [0.1, 0.15) is 5.69 Å².